The number of rotatable bonds is 5. The Balaban J connectivity index is 1.80. The van der Waals surface area contributed by atoms with Crippen molar-refractivity contribution in [1.82, 2.24) is 0 Å². The molecule has 1 saturated carbocycles. The molecule has 19 heavy (non-hydrogen) atoms. The Labute approximate surface area is 115 Å². The summed E-state index contributed by atoms with van der Waals surface area (Å²) in [7, 11) is 1.48. The van der Waals surface area contributed by atoms with E-state index < -0.39 is 0 Å². The van der Waals surface area contributed by atoms with E-state index in [2.05, 4.69) is 36.4 Å². The van der Waals surface area contributed by atoms with E-state index in [0.717, 1.165) is 32.1 Å². The van der Waals surface area contributed by atoms with Gasteiger partial charge in [0.15, 0.2) is 0 Å². The minimum absolute atomic E-state index is 0.0461. The summed E-state index contributed by atoms with van der Waals surface area (Å²) in [6.07, 6.45) is 9.76. The second kappa shape index (κ2) is 7.13. The molecule has 0 N–H and O–H groups in total. The molecular weight excluding hydrogens is 236 g/mol. The predicted octanol–water partition coefficient (Wildman–Crippen LogP) is 3.76. The fourth-order valence-corrected chi connectivity index (χ4v) is 2.83. The van der Waals surface area contributed by atoms with Gasteiger partial charge >= 0.3 is 5.97 Å². The van der Waals surface area contributed by atoms with Crippen LogP contribution in [-0.2, 0) is 16.0 Å². The van der Waals surface area contributed by atoms with Gasteiger partial charge in [-0.3, -0.25) is 4.79 Å². The molecule has 1 aromatic rings. The third-order valence-corrected chi connectivity index (χ3v) is 3.90. The Morgan fingerprint density at radius 3 is 2.84 bits per heavy atom. The standard InChI is InChI=1S/C17H22O2/c1-19-17(18)16-13-7-12-15(16)11-6-5-10-14-8-3-2-4-9-14/h2-4,6,8-9,11,15-16H,5,7,10,12-13H2,1H3/b11-6-. The number of esters is 1. The van der Waals surface area contributed by atoms with Crippen LogP contribution in [0.3, 0.4) is 0 Å². The van der Waals surface area contributed by atoms with Crippen LogP contribution in [0.1, 0.15) is 31.2 Å². The van der Waals surface area contributed by atoms with Crippen LogP contribution >= 0.6 is 0 Å². The van der Waals surface area contributed by atoms with Gasteiger partial charge in [0.25, 0.3) is 0 Å². The summed E-state index contributed by atoms with van der Waals surface area (Å²) in [5.74, 6) is 0.413. The second-order valence-corrected chi connectivity index (χ2v) is 5.18. The van der Waals surface area contributed by atoms with Crippen molar-refractivity contribution in [3.05, 3.63) is 48.0 Å². The summed E-state index contributed by atoms with van der Waals surface area (Å²) in [4.78, 5) is 11.6. The molecule has 0 amide bonds. The van der Waals surface area contributed by atoms with Crippen LogP contribution in [0.2, 0.25) is 0 Å². The summed E-state index contributed by atoms with van der Waals surface area (Å²) in [5.41, 5.74) is 1.36. The van der Waals surface area contributed by atoms with Gasteiger partial charge in [0.05, 0.1) is 13.0 Å². The van der Waals surface area contributed by atoms with Gasteiger partial charge in [-0.25, -0.2) is 0 Å². The number of ether oxygens (including phenoxy) is 1. The lowest BCUT2D eigenvalue weighted by molar-refractivity contribution is -0.146. The largest absolute Gasteiger partial charge is 0.469 e. The van der Waals surface area contributed by atoms with E-state index in [9.17, 15) is 4.79 Å². The fourth-order valence-electron chi connectivity index (χ4n) is 2.83. The number of methoxy groups -OCH3 is 1. The summed E-state index contributed by atoms with van der Waals surface area (Å²) >= 11 is 0. The normalized spacial score (nSPS) is 22.8. The van der Waals surface area contributed by atoms with Gasteiger partial charge in [0.2, 0.25) is 0 Å². The second-order valence-electron chi connectivity index (χ2n) is 5.18. The van der Waals surface area contributed by atoms with Gasteiger partial charge in [0, 0.05) is 0 Å². The highest BCUT2D eigenvalue weighted by molar-refractivity contribution is 5.73. The first-order valence-electron chi connectivity index (χ1n) is 7.09. The molecule has 0 aliphatic heterocycles. The average Bonchev–Trinajstić information content (AvgIpc) is 2.92. The molecule has 102 valence electrons. The van der Waals surface area contributed by atoms with Gasteiger partial charge in [-0.1, -0.05) is 48.9 Å². The van der Waals surface area contributed by atoms with Crippen molar-refractivity contribution in [2.24, 2.45) is 11.8 Å². The zero-order chi connectivity index (χ0) is 13.5. The highest BCUT2D eigenvalue weighted by atomic mass is 16.5. The molecule has 0 bridgehead atoms. The quantitative estimate of drug-likeness (QED) is 0.593. The van der Waals surface area contributed by atoms with E-state index in [1.807, 2.05) is 6.07 Å². The maximum Gasteiger partial charge on any atom is 0.309 e. The van der Waals surface area contributed by atoms with Crippen molar-refractivity contribution in [3.63, 3.8) is 0 Å². The van der Waals surface area contributed by atoms with Crippen molar-refractivity contribution in [2.75, 3.05) is 7.11 Å². The summed E-state index contributed by atoms with van der Waals surface area (Å²) in [6, 6.07) is 10.5. The summed E-state index contributed by atoms with van der Waals surface area (Å²) < 4.78 is 4.87. The third-order valence-electron chi connectivity index (χ3n) is 3.90. The Morgan fingerprint density at radius 1 is 1.32 bits per heavy atom. The molecule has 1 fully saturated rings. The molecule has 2 rings (SSSR count). The van der Waals surface area contributed by atoms with Crippen LogP contribution in [0.4, 0.5) is 0 Å². The number of allylic oxidation sites excluding steroid dienone is 2. The molecule has 2 atom stereocenters. The van der Waals surface area contributed by atoms with E-state index in [1.165, 1.54) is 12.7 Å². The number of hydrogen-bond donors (Lipinski definition) is 0. The zero-order valence-electron chi connectivity index (χ0n) is 11.5. The van der Waals surface area contributed by atoms with Gasteiger partial charge in [-0.2, -0.15) is 0 Å². The van der Waals surface area contributed by atoms with E-state index >= 15 is 0 Å². The first-order valence-corrected chi connectivity index (χ1v) is 7.09. The molecule has 2 nitrogen and oxygen atoms in total. The Kier molecular flexibility index (Phi) is 5.20. The van der Waals surface area contributed by atoms with E-state index in [0.29, 0.717) is 5.92 Å². The van der Waals surface area contributed by atoms with Crippen molar-refractivity contribution in [3.8, 4) is 0 Å². The van der Waals surface area contributed by atoms with E-state index in [1.54, 1.807) is 0 Å². The monoisotopic (exact) mass is 258 g/mol. The first-order chi connectivity index (χ1) is 9.31. The van der Waals surface area contributed by atoms with Crippen LogP contribution < -0.4 is 0 Å². The maximum absolute atomic E-state index is 11.6. The van der Waals surface area contributed by atoms with E-state index in [-0.39, 0.29) is 11.9 Å². The number of hydrogen-bond acceptors (Lipinski definition) is 2. The minimum atomic E-state index is -0.0461. The van der Waals surface area contributed by atoms with Crippen LogP contribution in [0.5, 0.6) is 0 Å². The molecule has 0 saturated heterocycles. The van der Waals surface area contributed by atoms with Crippen LogP contribution in [0.15, 0.2) is 42.5 Å². The Bertz CT molecular complexity index is 422. The van der Waals surface area contributed by atoms with Crippen LogP contribution in [0, 0.1) is 11.8 Å². The third kappa shape index (κ3) is 3.95. The lowest BCUT2D eigenvalue weighted by Crippen LogP contribution is -2.18. The molecule has 0 radical (unpaired) electrons. The highest BCUT2D eigenvalue weighted by Gasteiger charge is 2.31. The van der Waals surface area contributed by atoms with Crippen molar-refractivity contribution < 1.29 is 9.53 Å². The van der Waals surface area contributed by atoms with Crippen LogP contribution in [0.25, 0.3) is 0 Å². The molecule has 0 heterocycles. The molecule has 2 unspecified atom stereocenters. The van der Waals surface area contributed by atoms with Gasteiger partial charge in [-0.15, -0.1) is 0 Å². The average molecular weight is 258 g/mol. The topological polar surface area (TPSA) is 26.3 Å². The van der Waals surface area contributed by atoms with Crippen LogP contribution in [-0.4, -0.2) is 13.1 Å². The van der Waals surface area contributed by atoms with Gasteiger partial charge < -0.3 is 4.74 Å². The zero-order valence-corrected chi connectivity index (χ0v) is 11.5. The first kappa shape index (κ1) is 13.9. The van der Waals surface area contributed by atoms with E-state index in [4.69, 9.17) is 4.74 Å². The minimum Gasteiger partial charge on any atom is -0.469 e. The van der Waals surface area contributed by atoms with Gasteiger partial charge in [0.1, 0.15) is 0 Å². The number of aryl methyl sites for hydroxylation is 1. The maximum atomic E-state index is 11.6. The summed E-state index contributed by atoms with van der Waals surface area (Å²) in [5, 5.41) is 0. The number of carbonyl (C=O) groups excluding carboxylic acids is 1. The molecule has 0 spiro atoms. The molecular formula is C17H22O2. The van der Waals surface area contributed by atoms with Crippen molar-refractivity contribution >= 4 is 5.97 Å². The predicted molar refractivity (Wildman–Crippen MR) is 76.8 cm³/mol. The molecule has 1 aliphatic rings. The van der Waals surface area contributed by atoms with Crippen molar-refractivity contribution in [1.29, 1.82) is 0 Å². The lowest BCUT2D eigenvalue weighted by atomic mass is 9.95. The number of benzene rings is 1. The van der Waals surface area contributed by atoms with Gasteiger partial charge in [-0.05, 0) is 37.2 Å². The number of carbonyl (C=O) groups is 1. The Hall–Kier alpha value is -1.57. The highest BCUT2D eigenvalue weighted by Crippen LogP contribution is 2.33. The lowest BCUT2D eigenvalue weighted by Gasteiger charge is -2.13. The smallest absolute Gasteiger partial charge is 0.309 e. The molecule has 0 aromatic heterocycles. The molecule has 1 aliphatic carbocycles. The molecule has 2 heteroatoms. The summed E-state index contributed by atoms with van der Waals surface area (Å²) in [6.45, 7) is 0. The molecule has 1 aromatic carbocycles. The SMILES string of the molecule is COC(=O)C1CCCC1/C=C\CCc1ccccc1. The van der Waals surface area contributed by atoms with Crippen molar-refractivity contribution in [2.45, 2.75) is 32.1 Å². The fraction of sp³-hybridized carbons (Fsp3) is 0.471. The Morgan fingerprint density at radius 2 is 2.11 bits per heavy atom.